The minimum absolute atomic E-state index is 0.133. The van der Waals surface area contributed by atoms with Gasteiger partial charge in [-0.05, 0) is 67.3 Å². The van der Waals surface area contributed by atoms with Crippen molar-refractivity contribution >= 4 is 33.2 Å². The Labute approximate surface area is 217 Å². The number of para-hydroxylation sites is 2. The van der Waals surface area contributed by atoms with Gasteiger partial charge in [-0.2, -0.15) is 0 Å². The number of carbonyl (C=O) groups excluding carboxylic acids is 1. The second-order valence-electron chi connectivity index (χ2n) is 8.67. The minimum Gasteiger partial charge on any atom is -0.496 e. The van der Waals surface area contributed by atoms with Gasteiger partial charge in [0.25, 0.3) is 5.91 Å². The van der Waals surface area contributed by atoms with Gasteiger partial charge >= 0.3 is 0 Å². The van der Waals surface area contributed by atoms with Crippen molar-refractivity contribution in [2.24, 2.45) is 0 Å². The molecule has 36 heavy (non-hydrogen) atoms. The molecule has 7 nitrogen and oxygen atoms in total. The first-order valence-electron chi connectivity index (χ1n) is 11.9. The highest BCUT2D eigenvalue weighted by Gasteiger charge is 2.26. The summed E-state index contributed by atoms with van der Waals surface area (Å²) >= 11 is 5.88. The standard InChI is InChI=1S/C27H30ClN3O4S/c1-35-26-9-5-2-6-20(26)14-17-29-27(32)24-7-3-4-8-25(24)31-18-15-22(16-19-31)30-36(33,34)23-12-10-21(28)11-13-23/h2-13,22,30H,14-19H2,1H3,(H,29,32). The Morgan fingerprint density at radius 2 is 1.67 bits per heavy atom. The summed E-state index contributed by atoms with van der Waals surface area (Å²) in [7, 11) is -1.98. The maximum atomic E-state index is 13.0. The maximum absolute atomic E-state index is 13.0. The number of rotatable bonds is 9. The molecule has 1 amide bonds. The normalized spacial score (nSPS) is 14.4. The van der Waals surface area contributed by atoms with Crippen molar-refractivity contribution in [1.29, 1.82) is 0 Å². The average molecular weight is 528 g/mol. The summed E-state index contributed by atoms with van der Waals surface area (Å²) < 4.78 is 33.6. The topological polar surface area (TPSA) is 87.7 Å². The summed E-state index contributed by atoms with van der Waals surface area (Å²) in [5.74, 6) is 0.674. The van der Waals surface area contributed by atoms with Crippen LogP contribution in [-0.2, 0) is 16.4 Å². The molecule has 1 aliphatic rings. The van der Waals surface area contributed by atoms with Gasteiger partial charge in [0, 0.05) is 36.4 Å². The van der Waals surface area contributed by atoms with Crippen molar-refractivity contribution < 1.29 is 17.9 Å². The SMILES string of the molecule is COc1ccccc1CCNC(=O)c1ccccc1N1CCC(NS(=O)(=O)c2ccc(Cl)cc2)CC1. The van der Waals surface area contributed by atoms with Crippen molar-refractivity contribution in [2.75, 3.05) is 31.6 Å². The number of ether oxygens (including phenoxy) is 1. The van der Waals surface area contributed by atoms with E-state index in [9.17, 15) is 13.2 Å². The fourth-order valence-corrected chi connectivity index (χ4v) is 5.83. The van der Waals surface area contributed by atoms with Crippen molar-refractivity contribution in [1.82, 2.24) is 10.0 Å². The van der Waals surface area contributed by atoms with Crippen LogP contribution in [0.2, 0.25) is 5.02 Å². The van der Waals surface area contributed by atoms with Crippen molar-refractivity contribution in [2.45, 2.75) is 30.2 Å². The number of halogens is 1. The van der Waals surface area contributed by atoms with Crippen LogP contribution in [0.25, 0.3) is 0 Å². The highest BCUT2D eigenvalue weighted by Crippen LogP contribution is 2.25. The summed E-state index contributed by atoms with van der Waals surface area (Å²) in [5.41, 5.74) is 2.50. The molecule has 0 saturated carbocycles. The number of hydrogen-bond acceptors (Lipinski definition) is 5. The van der Waals surface area contributed by atoms with Gasteiger partial charge < -0.3 is 15.0 Å². The molecule has 1 heterocycles. The lowest BCUT2D eigenvalue weighted by atomic mass is 10.0. The molecule has 3 aromatic carbocycles. The number of anilines is 1. The van der Waals surface area contributed by atoms with Gasteiger partial charge in [0.15, 0.2) is 0 Å². The molecule has 2 N–H and O–H groups in total. The molecule has 9 heteroatoms. The Morgan fingerprint density at radius 3 is 2.39 bits per heavy atom. The number of benzene rings is 3. The fraction of sp³-hybridized carbons (Fsp3) is 0.296. The van der Waals surface area contributed by atoms with E-state index in [4.69, 9.17) is 16.3 Å². The Hall–Kier alpha value is -3.07. The Bertz CT molecular complexity index is 1290. The lowest BCUT2D eigenvalue weighted by molar-refractivity contribution is 0.0954. The zero-order valence-electron chi connectivity index (χ0n) is 20.1. The summed E-state index contributed by atoms with van der Waals surface area (Å²) in [6, 6.07) is 21.3. The van der Waals surface area contributed by atoms with Crippen molar-refractivity contribution in [3.63, 3.8) is 0 Å². The number of piperidine rings is 1. The first kappa shape index (κ1) is 26.0. The quantitative estimate of drug-likeness (QED) is 0.434. The van der Waals surface area contributed by atoms with Crippen molar-refractivity contribution in [3.8, 4) is 5.75 Å². The van der Waals surface area contributed by atoms with Crippen LogP contribution in [-0.4, -0.2) is 47.1 Å². The fourth-order valence-electron chi connectivity index (χ4n) is 4.40. The highest BCUT2D eigenvalue weighted by atomic mass is 35.5. The third-order valence-electron chi connectivity index (χ3n) is 6.30. The number of carbonyl (C=O) groups is 1. The van der Waals surface area contributed by atoms with E-state index in [0.717, 1.165) is 17.0 Å². The molecule has 0 bridgehead atoms. The molecule has 3 aromatic rings. The smallest absolute Gasteiger partial charge is 0.253 e. The maximum Gasteiger partial charge on any atom is 0.253 e. The molecule has 0 atom stereocenters. The third kappa shape index (κ3) is 6.37. The van der Waals surface area contributed by atoms with Crippen LogP contribution in [0, 0.1) is 0 Å². The van der Waals surface area contributed by atoms with E-state index in [1.54, 1.807) is 19.2 Å². The zero-order chi connectivity index (χ0) is 25.5. The molecule has 0 radical (unpaired) electrons. The van der Waals surface area contributed by atoms with E-state index in [1.165, 1.54) is 12.1 Å². The summed E-state index contributed by atoms with van der Waals surface area (Å²) in [6.07, 6.45) is 1.93. The molecule has 1 fully saturated rings. The van der Waals surface area contributed by atoms with Crippen LogP contribution in [0.3, 0.4) is 0 Å². The number of methoxy groups -OCH3 is 1. The molecule has 0 spiro atoms. The van der Waals surface area contributed by atoms with E-state index in [1.807, 2.05) is 48.5 Å². The first-order valence-corrected chi connectivity index (χ1v) is 13.8. The Kier molecular flexibility index (Phi) is 8.51. The van der Waals surface area contributed by atoms with E-state index in [0.29, 0.717) is 49.5 Å². The van der Waals surface area contributed by atoms with Gasteiger partial charge in [-0.1, -0.05) is 41.9 Å². The lowest BCUT2D eigenvalue weighted by Crippen LogP contribution is -2.45. The number of hydrogen-bond donors (Lipinski definition) is 2. The Balaban J connectivity index is 1.34. The number of nitrogens with one attached hydrogen (secondary N) is 2. The molecular weight excluding hydrogens is 498 g/mol. The zero-order valence-corrected chi connectivity index (χ0v) is 21.7. The van der Waals surface area contributed by atoms with E-state index in [2.05, 4.69) is 14.9 Å². The van der Waals surface area contributed by atoms with Crippen molar-refractivity contribution in [3.05, 3.63) is 88.9 Å². The molecule has 1 saturated heterocycles. The molecule has 4 rings (SSSR count). The lowest BCUT2D eigenvalue weighted by Gasteiger charge is -2.34. The van der Waals surface area contributed by atoms with Crippen LogP contribution < -0.4 is 19.7 Å². The molecule has 0 unspecified atom stereocenters. The largest absolute Gasteiger partial charge is 0.496 e. The first-order chi connectivity index (χ1) is 17.4. The second-order valence-corrected chi connectivity index (χ2v) is 10.8. The summed E-state index contributed by atoms with van der Waals surface area (Å²) in [6.45, 7) is 1.76. The number of amides is 1. The monoisotopic (exact) mass is 527 g/mol. The second kappa shape index (κ2) is 11.8. The van der Waals surface area contributed by atoms with Gasteiger partial charge in [0.1, 0.15) is 5.75 Å². The summed E-state index contributed by atoms with van der Waals surface area (Å²) in [4.78, 5) is 15.4. The molecule has 190 valence electrons. The molecule has 1 aliphatic heterocycles. The van der Waals surface area contributed by atoms with Crippen LogP contribution in [0.5, 0.6) is 5.75 Å². The average Bonchev–Trinajstić information content (AvgIpc) is 2.89. The molecule has 0 aliphatic carbocycles. The minimum atomic E-state index is -3.62. The van der Waals surface area contributed by atoms with E-state index in [-0.39, 0.29) is 16.8 Å². The van der Waals surface area contributed by atoms with E-state index >= 15 is 0 Å². The van der Waals surface area contributed by atoms with Gasteiger partial charge in [-0.25, -0.2) is 13.1 Å². The highest BCUT2D eigenvalue weighted by molar-refractivity contribution is 7.89. The Morgan fingerprint density at radius 1 is 1.00 bits per heavy atom. The molecule has 0 aromatic heterocycles. The van der Waals surface area contributed by atoms with Crippen LogP contribution in [0.4, 0.5) is 5.69 Å². The predicted octanol–water partition coefficient (Wildman–Crippen LogP) is 4.27. The van der Waals surface area contributed by atoms with Crippen LogP contribution in [0.1, 0.15) is 28.8 Å². The van der Waals surface area contributed by atoms with Gasteiger partial charge in [-0.15, -0.1) is 0 Å². The summed E-state index contributed by atoms with van der Waals surface area (Å²) in [5, 5.41) is 3.51. The predicted molar refractivity (Wildman–Crippen MR) is 142 cm³/mol. The number of sulfonamides is 1. The van der Waals surface area contributed by atoms with Crippen LogP contribution in [0.15, 0.2) is 77.7 Å². The van der Waals surface area contributed by atoms with Gasteiger partial charge in [0.2, 0.25) is 10.0 Å². The van der Waals surface area contributed by atoms with Crippen LogP contribution >= 0.6 is 11.6 Å². The third-order valence-corrected chi connectivity index (χ3v) is 8.09. The van der Waals surface area contributed by atoms with Gasteiger partial charge in [-0.3, -0.25) is 4.79 Å². The molecular formula is C27H30ClN3O4S. The van der Waals surface area contributed by atoms with E-state index < -0.39 is 10.0 Å². The van der Waals surface area contributed by atoms with Gasteiger partial charge in [0.05, 0.1) is 17.6 Å². The number of nitrogens with zero attached hydrogens (tertiary/aromatic N) is 1.